The predicted octanol–water partition coefficient (Wildman–Crippen LogP) is 3.30. The molecular formula is C18H19ClF3N5O3. The number of carbonyl (C=O) groups excluding carboxylic acids is 2. The van der Waals surface area contributed by atoms with Crippen molar-refractivity contribution in [2.75, 3.05) is 11.9 Å². The van der Waals surface area contributed by atoms with Crippen molar-refractivity contribution < 1.29 is 27.5 Å². The predicted molar refractivity (Wildman–Crippen MR) is 102 cm³/mol. The Kier molecular flexibility index (Phi) is 7.54. The van der Waals surface area contributed by atoms with Crippen molar-refractivity contribution in [3.63, 3.8) is 0 Å². The van der Waals surface area contributed by atoms with E-state index >= 15 is 0 Å². The third-order valence-corrected chi connectivity index (χ3v) is 3.81. The summed E-state index contributed by atoms with van der Waals surface area (Å²) in [4.78, 5) is 36.0. The maximum absolute atomic E-state index is 12.4. The lowest BCUT2D eigenvalue weighted by Crippen LogP contribution is -2.26. The number of rotatable bonds is 7. The minimum Gasteiger partial charge on any atom is -0.467 e. The van der Waals surface area contributed by atoms with Gasteiger partial charge in [0.2, 0.25) is 17.7 Å². The van der Waals surface area contributed by atoms with Crippen LogP contribution in [0.15, 0.2) is 18.3 Å². The second-order valence-corrected chi connectivity index (χ2v) is 6.99. The molecule has 0 aliphatic rings. The van der Waals surface area contributed by atoms with E-state index in [0.29, 0.717) is 11.3 Å². The zero-order valence-corrected chi connectivity index (χ0v) is 17.1. The molecule has 2 aromatic heterocycles. The molecule has 0 saturated heterocycles. The molecule has 0 aromatic carbocycles. The third-order valence-electron chi connectivity index (χ3n) is 3.54. The van der Waals surface area contributed by atoms with Gasteiger partial charge in [-0.1, -0.05) is 25.4 Å². The van der Waals surface area contributed by atoms with Crippen molar-refractivity contribution in [1.82, 2.24) is 20.3 Å². The zero-order chi connectivity index (χ0) is 22.5. The molecule has 12 heteroatoms. The number of nitrogens with one attached hydrogen (secondary N) is 2. The maximum atomic E-state index is 12.4. The monoisotopic (exact) mass is 445 g/mol. The molecule has 2 aromatic rings. The fourth-order valence-corrected chi connectivity index (χ4v) is 2.33. The fraction of sp³-hybridized carbons (Fsp3) is 0.389. The third kappa shape index (κ3) is 7.14. The lowest BCUT2D eigenvalue weighted by Gasteiger charge is -2.11. The molecule has 162 valence electrons. The van der Waals surface area contributed by atoms with Gasteiger partial charge >= 0.3 is 6.18 Å². The number of carbonyl (C=O) groups is 2. The highest BCUT2D eigenvalue weighted by molar-refractivity contribution is 6.31. The lowest BCUT2D eigenvalue weighted by molar-refractivity contribution is -0.154. The van der Waals surface area contributed by atoms with Crippen molar-refractivity contribution in [3.8, 4) is 5.88 Å². The molecule has 0 fully saturated rings. The van der Waals surface area contributed by atoms with E-state index in [1.165, 1.54) is 18.3 Å². The topological polar surface area (TPSA) is 106 Å². The zero-order valence-electron chi connectivity index (χ0n) is 16.3. The number of hydrogen-bond donors (Lipinski definition) is 2. The standard InChI is InChI=1S/C18H19ClF3N5O3/c1-9(2)14(28)27-17-25-10(3)4-13(26-17)15(29)23-6-11-5-12(19)16(24-7-11)30-8-18(20,21)22/h4-5,7,9H,6,8H2,1-3H3,(H,23,29)(H,25,26,27,28). The van der Waals surface area contributed by atoms with Crippen LogP contribution in [0, 0.1) is 12.8 Å². The van der Waals surface area contributed by atoms with E-state index in [0.717, 1.165) is 0 Å². The first-order chi connectivity index (χ1) is 13.9. The van der Waals surface area contributed by atoms with E-state index < -0.39 is 18.7 Å². The highest BCUT2D eigenvalue weighted by Gasteiger charge is 2.29. The van der Waals surface area contributed by atoms with Gasteiger partial charge in [0.05, 0.1) is 0 Å². The van der Waals surface area contributed by atoms with Crippen LogP contribution in [0.25, 0.3) is 0 Å². The molecule has 0 atom stereocenters. The molecule has 0 radical (unpaired) electrons. The van der Waals surface area contributed by atoms with E-state index in [1.807, 2.05) is 0 Å². The SMILES string of the molecule is Cc1cc(C(=O)NCc2cnc(OCC(F)(F)F)c(Cl)c2)nc(NC(=O)C(C)C)n1. The molecule has 0 saturated carbocycles. The summed E-state index contributed by atoms with van der Waals surface area (Å²) in [5.74, 6) is -1.47. The summed E-state index contributed by atoms with van der Waals surface area (Å²) in [6, 6.07) is 2.78. The molecule has 2 N–H and O–H groups in total. The first-order valence-corrected chi connectivity index (χ1v) is 9.11. The largest absolute Gasteiger partial charge is 0.467 e. The second kappa shape index (κ2) is 9.70. The van der Waals surface area contributed by atoms with Crippen LogP contribution in [-0.4, -0.2) is 39.5 Å². The van der Waals surface area contributed by atoms with Crippen molar-refractivity contribution >= 4 is 29.4 Å². The summed E-state index contributed by atoms with van der Waals surface area (Å²) in [7, 11) is 0. The molecule has 0 aliphatic heterocycles. The Morgan fingerprint density at radius 1 is 1.23 bits per heavy atom. The second-order valence-electron chi connectivity index (χ2n) is 6.58. The van der Waals surface area contributed by atoms with Gasteiger partial charge in [0.15, 0.2) is 6.61 Å². The first-order valence-electron chi connectivity index (χ1n) is 8.73. The Balaban J connectivity index is 2.02. The van der Waals surface area contributed by atoms with Crippen molar-refractivity contribution in [2.45, 2.75) is 33.5 Å². The molecule has 2 heterocycles. The number of hydrogen-bond acceptors (Lipinski definition) is 6. The number of ether oxygens (including phenoxy) is 1. The van der Waals surface area contributed by atoms with Crippen LogP contribution in [0.1, 0.15) is 35.6 Å². The first kappa shape index (κ1) is 23.3. The molecule has 8 nitrogen and oxygen atoms in total. The van der Waals surface area contributed by atoms with E-state index in [4.69, 9.17) is 11.6 Å². The Morgan fingerprint density at radius 3 is 2.53 bits per heavy atom. The molecule has 0 spiro atoms. The maximum Gasteiger partial charge on any atom is 0.422 e. The summed E-state index contributed by atoms with van der Waals surface area (Å²) in [6.07, 6.45) is -3.28. The minimum absolute atomic E-state index is 0.00901. The van der Waals surface area contributed by atoms with Gasteiger partial charge in [-0.05, 0) is 24.6 Å². The molecular weight excluding hydrogens is 427 g/mol. The number of aryl methyl sites for hydroxylation is 1. The molecule has 2 rings (SSSR count). The number of alkyl halides is 3. The minimum atomic E-state index is -4.51. The number of pyridine rings is 1. The van der Waals surface area contributed by atoms with Gasteiger partial charge in [0.25, 0.3) is 5.91 Å². The van der Waals surface area contributed by atoms with Gasteiger partial charge in [-0.15, -0.1) is 0 Å². The van der Waals surface area contributed by atoms with Gasteiger partial charge < -0.3 is 10.1 Å². The smallest absolute Gasteiger partial charge is 0.422 e. The van der Waals surface area contributed by atoms with E-state index in [-0.39, 0.29) is 40.9 Å². The normalized spacial score (nSPS) is 11.3. The van der Waals surface area contributed by atoms with Crippen LogP contribution in [0.3, 0.4) is 0 Å². The van der Waals surface area contributed by atoms with E-state index in [9.17, 15) is 22.8 Å². The Morgan fingerprint density at radius 2 is 1.93 bits per heavy atom. The number of halogens is 4. The van der Waals surface area contributed by atoms with E-state index in [1.54, 1.807) is 20.8 Å². The lowest BCUT2D eigenvalue weighted by atomic mass is 10.2. The average molecular weight is 446 g/mol. The fourth-order valence-electron chi connectivity index (χ4n) is 2.09. The van der Waals surface area contributed by atoms with Crippen LogP contribution < -0.4 is 15.4 Å². The quantitative estimate of drug-likeness (QED) is 0.677. The summed E-state index contributed by atoms with van der Waals surface area (Å²) >= 11 is 5.88. The number of anilines is 1. The van der Waals surface area contributed by atoms with Crippen molar-refractivity contribution in [1.29, 1.82) is 0 Å². The summed E-state index contributed by atoms with van der Waals surface area (Å²) in [5.41, 5.74) is 0.947. The number of aromatic nitrogens is 3. The Hall–Kier alpha value is -2.95. The van der Waals surface area contributed by atoms with Gasteiger partial charge in [-0.25, -0.2) is 15.0 Å². The molecule has 2 amide bonds. The van der Waals surface area contributed by atoms with Crippen LogP contribution >= 0.6 is 11.6 Å². The van der Waals surface area contributed by atoms with Gasteiger partial charge in [0, 0.05) is 24.4 Å². The van der Waals surface area contributed by atoms with Crippen LogP contribution in [0.2, 0.25) is 5.02 Å². The molecule has 0 unspecified atom stereocenters. The molecule has 0 bridgehead atoms. The van der Waals surface area contributed by atoms with Crippen LogP contribution in [0.5, 0.6) is 5.88 Å². The van der Waals surface area contributed by atoms with Crippen molar-refractivity contribution in [3.05, 3.63) is 40.3 Å². The summed E-state index contributed by atoms with van der Waals surface area (Å²) in [6.45, 7) is 3.53. The molecule has 30 heavy (non-hydrogen) atoms. The van der Waals surface area contributed by atoms with Crippen molar-refractivity contribution in [2.24, 2.45) is 5.92 Å². The van der Waals surface area contributed by atoms with Gasteiger partial charge in [-0.3, -0.25) is 14.9 Å². The molecule has 0 aliphatic carbocycles. The average Bonchev–Trinajstić information content (AvgIpc) is 2.64. The highest BCUT2D eigenvalue weighted by Crippen LogP contribution is 2.25. The number of amides is 2. The Labute approximate surface area is 175 Å². The van der Waals surface area contributed by atoms with E-state index in [2.05, 4.69) is 30.3 Å². The van der Waals surface area contributed by atoms with Crippen LogP contribution in [0.4, 0.5) is 19.1 Å². The van der Waals surface area contributed by atoms with Gasteiger partial charge in [0.1, 0.15) is 10.7 Å². The van der Waals surface area contributed by atoms with Crippen LogP contribution in [-0.2, 0) is 11.3 Å². The summed E-state index contributed by atoms with van der Waals surface area (Å²) in [5, 5.41) is 4.99. The highest BCUT2D eigenvalue weighted by atomic mass is 35.5. The summed E-state index contributed by atoms with van der Waals surface area (Å²) < 4.78 is 41.2. The van der Waals surface area contributed by atoms with Gasteiger partial charge in [-0.2, -0.15) is 13.2 Å². The number of nitrogens with zero attached hydrogens (tertiary/aromatic N) is 3. The Bertz CT molecular complexity index is 938.